The van der Waals surface area contributed by atoms with E-state index in [1.54, 1.807) is 19.1 Å². The second kappa shape index (κ2) is 9.45. The van der Waals surface area contributed by atoms with E-state index in [4.69, 9.17) is 30.5 Å². The van der Waals surface area contributed by atoms with Crippen LogP contribution in [-0.2, 0) is 30.3 Å². The van der Waals surface area contributed by atoms with Crippen LogP contribution >= 0.6 is 11.6 Å². The average Bonchev–Trinajstić information content (AvgIpc) is 3.38. The van der Waals surface area contributed by atoms with Crippen molar-refractivity contribution < 1.29 is 38.1 Å². The molecule has 0 saturated carbocycles. The summed E-state index contributed by atoms with van der Waals surface area (Å²) in [4.78, 5) is 48.7. The summed E-state index contributed by atoms with van der Waals surface area (Å²) >= 11 is 6.39. The smallest absolute Gasteiger partial charge is 0.342 e. The van der Waals surface area contributed by atoms with Crippen molar-refractivity contribution in [3.8, 4) is 11.5 Å². The van der Waals surface area contributed by atoms with Crippen LogP contribution in [-0.4, -0.2) is 42.0 Å². The van der Waals surface area contributed by atoms with E-state index in [-0.39, 0.29) is 52.1 Å². The number of hydrogen-bond donors (Lipinski definition) is 0. The average molecular weight is 449 g/mol. The summed E-state index contributed by atoms with van der Waals surface area (Å²) in [7, 11) is 0. The van der Waals surface area contributed by atoms with Crippen molar-refractivity contribution in [1.29, 1.82) is 0 Å². The van der Waals surface area contributed by atoms with E-state index in [1.807, 2.05) is 6.08 Å². The molecule has 2 heterocycles. The van der Waals surface area contributed by atoms with Crippen molar-refractivity contribution in [2.24, 2.45) is 0 Å². The van der Waals surface area contributed by atoms with Crippen LogP contribution in [0.15, 0.2) is 30.4 Å². The number of ether oxygens (including phenoxy) is 4. The third-order valence-corrected chi connectivity index (χ3v) is 4.96. The van der Waals surface area contributed by atoms with E-state index in [9.17, 15) is 19.2 Å². The number of ketones is 1. The quantitative estimate of drug-likeness (QED) is 0.385. The van der Waals surface area contributed by atoms with E-state index in [1.165, 1.54) is 6.08 Å². The molecule has 0 unspecified atom stereocenters. The van der Waals surface area contributed by atoms with E-state index < -0.39 is 24.0 Å². The molecule has 3 atom stereocenters. The Kier molecular flexibility index (Phi) is 6.92. The Morgan fingerprint density at radius 3 is 2.45 bits per heavy atom. The summed E-state index contributed by atoms with van der Waals surface area (Å²) in [6.07, 6.45) is 5.81. The second-order valence-corrected chi connectivity index (χ2v) is 7.58. The van der Waals surface area contributed by atoms with Gasteiger partial charge in [0.1, 0.15) is 23.5 Å². The predicted molar refractivity (Wildman–Crippen MR) is 109 cm³/mol. The Hall–Kier alpha value is -2.97. The molecule has 0 amide bonds. The highest BCUT2D eigenvalue weighted by molar-refractivity contribution is 6.34. The van der Waals surface area contributed by atoms with E-state index in [0.29, 0.717) is 6.42 Å². The number of rotatable bonds is 2. The van der Waals surface area contributed by atoms with Crippen molar-refractivity contribution in [3.63, 3.8) is 0 Å². The highest BCUT2D eigenvalue weighted by Crippen LogP contribution is 2.39. The molecule has 0 bridgehead atoms. The maximum absolute atomic E-state index is 13.0. The van der Waals surface area contributed by atoms with Gasteiger partial charge in [0.05, 0.1) is 11.1 Å². The fourth-order valence-electron chi connectivity index (χ4n) is 3.22. The van der Waals surface area contributed by atoms with Crippen molar-refractivity contribution in [2.75, 3.05) is 0 Å². The number of hydrogen-bond acceptors (Lipinski definition) is 8. The van der Waals surface area contributed by atoms with Crippen LogP contribution in [0.4, 0.5) is 0 Å². The molecule has 1 aromatic rings. The first-order chi connectivity index (χ1) is 14.7. The first-order valence-corrected chi connectivity index (χ1v) is 9.99. The summed E-state index contributed by atoms with van der Waals surface area (Å²) in [6.45, 7) is 4.02. The van der Waals surface area contributed by atoms with Crippen LogP contribution in [0, 0.1) is 0 Å². The molecule has 0 aliphatic carbocycles. The number of cyclic esters (lactones) is 1. The van der Waals surface area contributed by atoms with Gasteiger partial charge in [-0.2, -0.15) is 0 Å². The Morgan fingerprint density at radius 1 is 1.10 bits per heavy atom. The van der Waals surface area contributed by atoms with Gasteiger partial charge in [-0.3, -0.25) is 14.4 Å². The molecule has 3 rings (SSSR count). The van der Waals surface area contributed by atoms with Gasteiger partial charge in [0, 0.05) is 38.3 Å². The lowest BCUT2D eigenvalue weighted by atomic mass is 9.99. The molecule has 1 aromatic carbocycles. The molecule has 0 aromatic heterocycles. The topological polar surface area (TPSA) is 108 Å². The van der Waals surface area contributed by atoms with Crippen molar-refractivity contribution in [3.05, 3.63) is 46.5 Å². The number of epoxide rings is 1. The number of esters is 3. The van der Waals surface area contributed by atoms with Gasteiger partial charge in [0.2, 0.25) is 0 Å². The fraction of sp³-hybridized carbons (Fsp3) is 0.364. The number of fused-ring (bicyclic) bond motifs is 2. The number of benzene rings is 1. The first-order valence-electron chi connectivity index (χ1n) is 9.62. The first kappa shape index (κ1) is 22.7. The lowest BCUT2D eigenvalue weighted by Gasteiger charge is -2.19. The maximum atomic E-state index is 13.0. The van der Waals surface area contributed by atoms with Gasteiger partial charge in [0.15, 0.2) is 11.5 Å². The lowest BCUT2D eigenvalue weighted by Crippen LogP contribution is -2.21. The molecule has 2 aliphatic rings. The van der Waals surface area contributed by atoms with Crippen molar-refractivity contribution >= 4 is 35.3 Å². The van der Waals surface area contributed by atoms with Crippen LogP contribution in [0.25, 0.3) is 0 Å². The number of halogens is 1. The zero-order valence-electron chi connectivity index (χ0n) is 17.2. The number of allylic oxidation sites excluding steroid dienone is 3. The third kappa shape index (κ3) is 5.80. The van der Waals surface area contributed by atoms with Gasteiger partial charge >= 0.3 is 17.9 Å². The second-order valence-electron chi connectivity index (χ2n) is 7.21. The van der Waals surface area contributed by atoms with Gasteiger partial charge in [-0.15, -0.1) is 0 Å². The molecule has 1 fully saturated rings. The summed E-state index contributed by atoms with van der Waals surface area (Å²) in [5, 5.41) is -0.124. The number of carbonyl (C=O) groups is 4. The van der Waals surface area contributed by atoms with Gasteiger partial charge in [-0.25, -0.2) is 4.79 Å². The minimum atomic E-state index is -0.823. The van der Waals surface area contributed by atoms with Crippen LogP contribution in [0.5, 0.6) is 11.5 Å². The Bertz CT molecular complexity index is 994. The monoisotopic (exact) mass is 448 g/mol. The summed E-state index contributed by atoms with van der Waals surface area (Å²) < 4.78 is 21.3. The van der Waals surface area contributed by atoms with E-state index in [2.05, 4.69) is 0 Å². The van der Waals surface area contributed by atoms with Gasteiger partial charge < -0.3 is 18.9 Å². The SMILES string of the molecule is CC(=O)Oc1cc(OC(C)=O)c2c(c1Cl)CC(=O)/C=C/C=C\[C@H]1O[C@@H]1C[C@@H](C)OC2=O. The summed E-state index contributed by atoms with van der Waals surface area (Å²) in [5.74, 6) is -2.96. The predicted octanol–water partition coefficient (Wildman–Crippen LogP) is 3.13. The normalized spacial score (nSPS) is 25.2. The summed E-state index contributed by atoms with van der Waals surface area (Å²) in [5.41, 5.74) is -0.143. The van der Waals surface area contributed by atoms with Gasteiger partial charge in [-0.1, -0.05) is 29.8 Å². The molecular weight excluding hydrogens is 428 g/mol. The molecule has 0 spiro atoms. The molecule has 0 radical (unpaired) electrons. The molecule has 9 heteroatoms. The molecule has 1 saturated heterocycles. The standard InChI is InChI=1S/C22H21ClO8/c1-11-8-17-16(31-17)7-5-4-6-14(26)9-15-20(22(27)28-11)18(29-12(2)24)10-19(21(15)23)30-13(3)25/h4-7,10-11,16-17H,8-9H2,1-3H3/b6-4+,7-5-/t11-,16-,17-/m1/s1. The summed E-state index contributed by atoms with van der Waals surface area (Å²) in [6, 6.07) is 1.15. The zero-order chi connectivity index (χ0) is 22.7. The molecule has 31 heavy (non-hydrogen) atoms. The fourth-order valence-corrected chi connectivity index (χ4v) is 3.47. The largest absolute Gasteiger partial charge is 0.459 e. The minimum Gasteiger partial charge on any atom is -0.459 e. The van der Waals surface area contributed by atoms with Crippen LogP contribution < -0.4 is 9.47 Å². The Morgan fingerprint density at radius 2 is 1.77 bits per heavy atom. The third-order valence-electron chi connectivity index (χ3n) is 4.54. The van der Waals surface area contributed by atoms with Crippen LogP contribution in [0.1, 0.15) is 43.1 Å². The van der Waals surface area contributed by atoms with Crippen molar-refractivity contribution in [1.82, 2.24) is 0 Å². The molecular formula is C22H21ClO8. The Labute approximate surface area is 183 Å². The molecule has 164 valence electrons. The molecule has 8 nitrogen and oxygen atoms in total. The highest BCUT2D eigenvalue weighted by Gasteiger charge is 2.38. The Balaban J connectivity index is 2.13. The lowest BCUT2D eigenvalue weighted by molar-refractivity contribution is -0.132. The zero-order valence-corrected chi connectivity index (χ0v) is 17.9. The van der Waals surface area contributed by atoms with Crippen LogP contribution in [0.3, 0.4) is 0 Å². The molecule has 2 aliphatic heterocycles. The number of carbonyl (C=O) groups excluding carboxylic acids is 4. The van der Waals surface area contributed by atoms with Crippen LogP contribution in [0.2, 0.25) is 5.02 Å². The van der Waals surface area contributed by atoms with E-state index in [0.717, 1.165) is 19.9 Å². The maximum Gasteiger partial charge on any atom is 0.342 e. The van der Waals surface area contributed by atoms with Gasteiger partial charge in [-0.05, 0) is 13.0 Å². The highest BCUT2D eigenvalue weighted by atomic mass is 35.5. The molecule has 0 N–H and O–H groups in total. The van der Waals surface area contributed by atoms with E-state index >= 15 is 0 Å². The van der Waals surface area contributed by atoms with Crippen molar-refractivity contribution in [2.45, 2.75) is 51.9 Å². The van der Waals surface area contributed by atoms with Gasteiger partial charge in [0.25, 0.3) is 0 Å². The minimum absolute atomic E-state index is 0.0325.